The molecule has 1 saturated carbocycles. The Kier molecular flexibility index (Phi) is 5.01. The molecule has 17 heavy (non-hydrogen) atoms. The zero-order valence-corrected chi connectivity index (χ0v) is 10.7. The van der Waals surface area contributed by atoms with Crippen LogP contribution >= 0.6 is 0 Å². The standard InChI is InChI=1S/C13H23N3O/c1-16-12(7-8-15-16)11-14-9-10-17-13-5-3-2-4-6-13/h7-8,13-14H,2-6,9-11H2,1H3. The Balaban J connectivity index is 1.53. The average Bonchev–Trinajstić information content (AvgIpc) is 2.76. The van der Waals surface area contributed by atoms with Crippen molar-refractivity contribution >= 4 is 0 Å². The molecule has 1 N–H and O–H groups in total. The lowest BCUT2D eigenvalue weighted by Crippen LogP contribution is -2.25. The fourth-order valence-corrected chi connectivity index (χ4v) is 2.32. The third-order valence-corrected chi connectivity index (χ3v) is 3.41. The summed E-state index contributed by atoms with van der Waals surface area (Å²) in [5.41, 5.74) is 1.21. The summed E-state index contributed by atoms with van der Waals surface area (Å²) in [4.78, 5) is 0. The van der Waals surface area contributed by atoms with Crippen LogP contribution in [-0.4, -0.2) is 29.0 Å². The summed E-state index contributed by atoms with van der Waals surface area (Å²) >= 11 is 0. The van der Waals surface area contributed by atoms with Crippen molar-refractivity contribution in [2.45, 2.75) is 44.8 Å². The molecule has 0 aliphatic heterocycles. The Morgan fingerprint density at radius 2 is 2.24 bits per heavy atom. The number of aromatic nitrogens is 2. The zero-order chi connectivity index (χ0) is 11.9. The van der Waals surface area contributed by atoms with Crippen molar-refractivity contribution < 1.29 is 4.74 Å². The molecule has 1 aliphatic carbocycles. The van der Waals surface area contributed by atoms with Gasteiger partial charge < -0.3 is 10.1 Å². The molecule has 0 saturated heterocycles. The van der Waals surface area contributed by atoms with Gasteiger partial charge in [0.1, 0.15) is 0 Å². The maximum absolute atomic E-state index is 5.85. The lowest BCUT2D eigenvalue weighted by molar-refractivity contribution is 0.0302. The summed E-state index contributed by atoms with van der Waals surface area (Å²) in [5, 5.41) is 7.52. The van der Waals surface area contributed by atoms with E-state index < -0.39 is 0 Å². The first kappa shape index (κ1) is 12.6. The van der Waals surface area contributed by atoms with Gasteiger partial charge in [-0.15, -0.1) is 0 Å². The maximum Gasteiger partial charge on any atom is 0.0594 e. The predicted octanol–water partition coefficient (Wildman–Crippen LogP) is 1.86. The molecular weight excluding hydrogens is 214 g/mol. The lowest BCUT2D eigenvalue weighted by atomic mass is 9.98. The highest BCUT2D eigenvalue weighted by Gasteiger charge is 2.12. The Morgan fingerprint density at radius 3 is 2.94 bits per heavy atom. The summed E-state index contributed by atoms with van der Waals surface area (Å²) in [5.74, 6) is 0. The minimum absolute atomic E-state index is 0.516. The van der Waals surface area contributed by atoms with Gasteiger partial charge in [0.25, 0.3) is 0 Å². The number of nitrogens with zero attached hydrogens (tertiary/aromatic N) is 2. The minimum Gasteiger partial charge on any atom is -0.377 e. The molecule has 0 radical (unpaired) electrons. The molecule has 4 nitrogen and oxygen atoms in total. The van der Waals surface area contributed by atoms with Gasteiger partial charge in [-0.1, -0.05) is 19.3 Å². The van der Waals surface area contributed by atoms with Gasteiger partial charge in [0, 0.05) is 26.3 Å². The summed E-state index contributed by atoms with van der Waals surface area (Å²) in [6.07, 6.45) is 8.92. The van der Waals surface area contributed by atoms with Crippen molar-refractivity contribution in [1.29, 1.82) is 0 Å². The molecule has 0 bridgehead atoms. The number of ether oxygens (including phenoxy) is 1. The number of rotatable bonds is 6. The molecule has 96 valence electrons. The summed E-state index contributed by atoms with van der Waals surface area (Å²) in [6, 6.07) is 2.04. The maximum atomic E-state index is 5.85. The minimum atomic E-state index is 0.516. The van der Waals surface area contributed by atoms with E-state index in [-0.39, 0.29) is 0 Å². The average molecular weight is 237 g/mol. The van der Waals surface area contributed by atoms with E-state index in [1.165, 1.54) is 37.8 Å². The van der Waals surface area contributed by atoms with Crippen molar-refractivity contribution in [3.05, 3.63) is 18.0 Å². The molecule has 0 spiro atoms. The fraction of sp³-hybridized carbons (Fsp3) is 0.769. The van der Waals surface area contributed by atoms with Crippen molar-refractivity contribution in [3.63, 3.8) is 0 Å². The largest absolute Gasteiger partial charge is 0.377 e. The number of aryl methyl sites for hydroxylation is 1. The first-order valence-electron chi connectivity index (χ1n) is 6.65. The van der Waals surface area contributed by atoms with Gasteiger partial charge in [-0.2, -0.15) is 5.10 Å². The highest BCUT2D eigenvalue weighted by Crippen LogP contribution is 2.19. The highest BCUT2D eigenvalue weighted by atomic mass is 16.5. The molecule has 0 aromatic carbocycles. The molecule has 1 fully saturated rings. The Bertz CT molecular complexity index is 318. The topological polar surface area (TPSA) is 39.1 Å². The predicted molar refractivity (Wildman–Crippen MR) is 67.7 cm³/mol. The van der Waals surface area contributed by atoms with Gasteiger partial charge in [-0.05, 0) is 18.9 Å². The van der Waals surface area contributed by atoms with E-state index in [0.717, 1.165) is 19.7 Å². The van der Waals surface area contributed by atoms with Gasteiger partial charge in [-0.3, -0.25) is 4.68 Å². The highest BCUT2D eigenvalue weighted by molar-refractivity contribution is 4.98. The Morgan fingerprint density at radius 1 is 1.41 bits per heavy atom. The first-order valence-corrected chi connectivity index (χ1v) is 6.65. The third-order valence-electron chi connectivity index (χ3n) is 3.41. The Labute approximate surface area is 103 Å². The van der Waals surface area contributed by atoms with Crippen molar-refractivity contribution in [3.8, 4) is 0 Å². The fourth-order valence-electron chi connectivity index (χ4n) is 2.32. The molecular formula is C13H23N3O. The van der Waals surface area contributed by atoms with Crippen LogP contribution in [0.25, 0.3) is 0 Å². The molecule has 1 aromatic rings. The van der Waals surface area contributed by atoms with Crippen molar-refractivity contribution in [2.24, 2.45) is 7.05 Å². The van der Waals surface area contributed by atoms with Crippen molar-refractivity contribution in [1.82, 2.24) is 15.1 Å². The third kappa shape index (κ3) is 4.13. The number of hydrogen-bond acceptors (Lipinski definition) is 3. The molecule has 2 rings (SSSR count). The summed E-state index contributed by atoms with van der Waals surface area (Å²) in [7, 11) is 1.97. The molecule has 4 heteroatoms. The van der Waals surface area contributed by atoms with E-state index >= 15 is 0 Å². The Hall–Kier alpha value is -0.870. The van der Waals surface area contributed by atoms with Crippen molar-refractivity contribution in [2.75, 3.05) is 13.2 Å². The summed E-state index contributed by atoms with van der Waals surface area (Å²) < 4.78 is 7.75. The SMILES string of the molecule is Cn1nccc1CNCCOC1CCCCC1. The van der Waals surface area contributed by atoms with E-state index in [1.54, 1.807) is 0 Å². The molecule has 0 unspecified atom stereocenters. The quantitative estimate of drug-likeness (QED) is 0.768. The van der Waals surface area contributed by atoms with Crippen LogP contribution in [0.2, 0.25) is 0 Å². The van der Waals surface area contributed by atoms with E-state index in [1.807, 2.05) is 24.0 Å². The van der Waals surface area contributed by atoms with E-state index in [0.29, 0.717) is 6.10 Å². The normalized spacial score (nSPS) is 17.5. The van der Waals surface area contributed by atoms with Crippen LogP contribution in [0.15, 0.2) is 12.3 Å². The second kappa shape index (κ2) is 6.77. The van der Waals surface area contributed by atoms with Crippen LogP contribution in [0, 0.1) is 0 Å². The smallest absolute Gasteiger partial charge is 0.0594 e. The van der Waals surface area contributed by atoms with Crippen LogP contribution < -0.4 is 5.32 Å². The second-order valence-corrected chi connectivity index (χ2v) is 4.75. The zero-order valence-electron chi connectivity index (χ0n) is 10.7. The summed E-state index contributed by atoms with van der Waals surface area (Å²) in [6.45, 7) is 2.61. The molecule has 0 amide bonds. The van der Waals surface area contributed by atoms with Crippen LogP contribution in [-0.2, 0) is 18.3 Å². The lowest BCUT2D eigenvalue weighted by Gasteiger charge is -2.22. The molecule has 1 aliphatic rings. The van der Waals surface area contributed by atoms with Crippen LogP contribution in [0.4, 0.5) is 0 Å². The van der Waals surface area contributed by atoms with Crippen LogP contribution in [0.5, 0.6) is 0 Å². The molecule has 0 atom stereocenters. The van der Waals surface area contributed by atoms with Crippen LogP contribution in [0.3, 0.4) is 0 Å². The van der Waals surface area contributed by atoms with Gasteiger partial charge >= 0.3 is 0 Å². The molecule has 1 heterocycles. The van der Waals surface area contributed by atoms with Gasteiger partial charge in [0.15, 0.2) is 0 Å². The number of hydrogen-bond donors (Lipinski definition) is 1. The van der Waals surface area contributed by atoms with E-state index in [2.05, 4.69) is 10.4 Å². The number of nitrogens with one attached hydrogen (secondary N) is 1. The first-order chi connectivity index (χ1) is 8.36. The second-order valence-electron chi connectivity index (χ2n) is 4.75. The van der Waals surface area contributed by atoms with Crippen LogP contribution in [0.1, 0.15) is 37.8 Å². The molecule has 1 aromatic heterocycles. The monoisotopic (exact) mass is 237 g/mol. The van der Waals surface area contributed by atoms with E-state index in [9.17, 15) is 0 Å². The van der Waals surface area contributed by atoms with Gasteiger partial charge in [0.2, 0.25) is 0 Å². The van der Waals surface area contributed by atoms with Gasteiger partial charge in [0.05, 0.1) is 18.4 Å². The van der Waals surface area contributed by atoms with Gasteiger partial charge in [-0.25, -0.2) is 0 Å². The van der Waals surface area contributed by atoms with E-state index in [4.69, 9.17) is 4.74 Å².